The van der Waals surface area contributed by atoms with E-state index in [0.29, 0.717) is 5.13 Å². The van der Waals surface area contributed by atoms with E-state index in [0.717, 1.165) is 28.7 Å². The summed E-state index contributed by atoms with van der Waals surface area (Å²) >= 11 is 1.46. The van der Waals surface area contributed by atoms with Crippen LogP contribution in [0.2, 0.25) is 0 Å². The van der Waals surface area contributed by atoms with Gasteiger partial charge in [-0.05, 0) is 31.0 Å². The number of benzene rings is 1. The molecule has 0 saturated heterocycles. The molecule has 1 aromatic carbocycles. The Morgan fingerprint density at radius 3 is 3.06 bits per heavy atom. The van der Waals surface area contributed by atoms with Gasteiger partial charge in [0.05, 0.1) is 10.2 Å². The summed E-state index contributed by atoms with van der Waals surface area (Å²) in [5, 5.41) is 3.50. The average molecular weight is 233 g/mol. The number of thiazole rings is 1. The van der Waals surface area contributed by atoms with E-state index in [2.05, 4.69) is 10.3 Å². The Kier molecular flexibility index (Phi) is 2.07. The first-order chi connectivity index (χ1) is 7.72. The van der Waals surface area contributed by atoms with Gasteiger partial charge >= 0.3 is 0 Å². The minimum atomic E-state index is 0.0898. The summed E-state index contributed by atoms with van der Waals surface area (Å²) < 4.78 is 1.01. The van der Waals surface area contributed by atoms with E-state index >= 15 is 0 Å². The summed E-state index contributed by atoms with van der Waals surface area (Å²) in [5.41, 5.74) is 7.28. The largest absolute Gasteiger partial charge is 0.399 e. The highest BCUT2D eigenvalue weighted by Crippen LogP contribution is 2.32. The van der Waals surface area contributed by atoms with Gasteiger partial charge in [0.15, 0.2) is 5.13 Å². The number of nitrogens with zero attached hydrogens (tertiary/aromatic N) is 1. The van der Waals surface area contributed by atoms with Crippen LogP contribution in [-0.4, -0.2) is 10.9 Å². The number of fused-ring (bicyclic) bond motifs is 1. The molecule has 0 bridgehead atoms. The maximum atomic E-state index is 11.5. The van der Waals surface area contributed by atoms with Crippen molar-refractivity contribution >= 4 is 38.3 Å². The van der Waals surface area contributed by atoms with Gasteiger partial charge in [-0.25, -0.2) is 4.98 Å². The predicted molar refractivity (Wildman–Crippen MR) is 65.4 cm³/mol. The van der Waals surface area contributed by atoms with Crippen LogP contribution in [0.5, 0.6) is 0 Å². The van der Waals surface area contributed by atoms with E-state index in [1.54, 1.807) is 0 Å². The zero-order chi connectivity index (χ0) is 11.1. The van der Waals surface area contributed by atoms with E-state index in [9.17, 15) is 4.79 Å². The SMILES string of the molecule is Nc1ccc2nc(NC(=O)C3CC3)sc2c1. The van der Waals surface area contributed by atoms with Crippen LogP contribution in [0.1, 0.15) is 12.8 Å². The molecule has 2 aromatic rings. The average Bonchev–Trinajstić information content (AvgIpc) is 3.00. The fourth-order valence-corrected chi connectivity index (χ4v) is 2.46. The van der Waals surface area contributed by atoms with Crippen LogP contribution in [-0.2, 0) is 4.79 Å². The van der Waals surface area contributed by atoms with Crippen LogP contribution < -0.4 is 11.1 Å². The predicted octanol–water partition coefficient (Wildman–Crippen LogP) is 2.23. The van der Waals surface area contributed by atoms with Gasteiger partial charge in [-0.2, -0.15) is 0 Å². The van der Waals surface area contributed by atoms with Crippen molar-refractivity contribution < 1.29 is 4.79 Å². The number of hydrogen-bond donors (Lipinski definition) is 2. The van der Waals surface area contributed by atoms with Crippen LogP contribution in [0.3, 0.4) is 0 Å². The van der Waals surface area contributed by atoms with E-state index in [-0.39, 0.29) is 11.8 Å². The van der Waals surface area contributed by atoms with Crippen molar-refractivity contribution in [2.45, 2.75) is 12.8 Å². The minimum Gasteiger partial charge on any atom is -0.399 e. The van der Waals surface area contributed by atoms with Crippen LogP contribution in [0.4, 0.5) is 10.8 Å². The Morgan fingerprint density at radius 1 is 1.50 bits per heavy atom. The van der Waals surface area contributed by atoms with Gasteiger partial charge in [-0.1, -0.05) is 11.3 Å². The Labute approximate surface area is 96.5 Å². The van der Waals surface area contributed by atoms with Crippen molar-refractivity contribution in [2.75, 3.05) is 11.1 Å². The van der Waals surface area contributed by atoms with Gasteiger partial charge in [-0.15, -0.1) is 0 Å². The quantitative estimate of drug-likeness (QED) is 0.781. The van der Waals surface area contributed by atoms with Crippen molar-refractivity contribution in [1.82, 2.24) is 4.98 Å². The maximum Gasteiger partial charge on any atom is 0.229 e. The first-order valence-corrected chi connectivity index (χ1v) is 6.01. The van der Waals surface area contributed by atoms with Crippen molar-refractivity contribution in [2.24, 2.45) is 5.92 Å². The van der Waals surface area contributed by atoms with E-state index in [1.807, 2.05) is 18.2 Å². The number of amides is 1. The molecule has 3 rings (SSSR count). The number of anilines is 2. The fraction of sp³-hybridized carbons (Fsp3) is 0.273. The van der Waals surface area contributed by atoms with Crippen molar-refractivity contribution in [3.05, 3.63) is 18.2 Å². The van der Waals surface area contributed by atoms with Crippen LogP contribution >= 0.6 is 11.3 Å². The maximum absolute atomic E-state index is 11.5. The summed E-state index contributed by atoms with van der Waals surface area (Å²) in [6.07, 6.45) is 2.01. The molecule has 0 unspecified atom stereocenters. The molecule has 1 fully saturated rings. The highest BCUT2D eigenvalue weighted by atomic mass is 32.1. The van der Waals surface area contributed by atoms with Gasteiger partial charge in [0.2, 0.25) is 5.91 Å². The number of nitrogen functional groups attached to an aromatic ring is 1. The Bertz CT molecular complexity index is 559. The van der Waals surface area contributed by atoms with Crippen LogP contribution in [0.25, 0.3) is 10.2 Å². The molecule has 3 N–H and O–H groups in total. The summed E-state index contributed by atoms with van der Waals surface area (Å²) in [6, 6.07) is 5.56. The third kappa shape index (κ3) is 1.74. The van der Waals surface area contributed by atoms with Gasteiger partial charge in [-0.3, -0.25) is 4.79 Å². The molecule has 1 saturated carbocycles. The molecule has 1 aromatic heterocycles. The number of rotatable bonds is 2. The summed E-state index contributed by atoms with van der Waals surface area (Å²) in [6.45, 7) is 0. The number of nitrogens with one attached hydrogen (secondary N) is 1. The molecule has 82 valence electrons. The smallest absolute Gasteiger partial charge is 0.229 e. The summed E-state index contributed by atoms with van der Waals surface area (Å²) in [4.78, 5) is 15.9. The lowest BCUT2D eigenvalue weighted by atomic mass is 10.3. The molecule has 4 nitrogen and oxygen atoms in total. The number of hydrogen-bond acceptors (Lipinski definition) is 4. The number of carbonyl (C=O) groups excluding carboxylic acids is 1. The van der Waals surface area contributed by atoms with Crippen molar-refractivity contribution in [3.8, 4) is 0 Å². The Balaban J connectivity index is 1.89. The highest BCUT2D eigenvalue weighted by molar-refractivity contribution is 7.22. The van der Waals surface area contributed by atoms with E-state index in [1.165, 1.54) is 11.3 Å². The van der Waals surface area contributed by atoms with Crippen molar-refractivity contribution in [3.63, 3.8) is 0 Å². The van der Waals surface area contributed by atoms with Crippen molar-refractivity contribution in [1.29, 1.82) is 0 Å². The summed E-state index contributed by atoms with van der Waals surface area (Å²) in [7, 11) is 0. The van der Waals surface area contributed by atoms with E-state index < -0.39 is 0 Å². The van der Waals surface area contributed by atoms with Crippen LogP contribution in [0.15, 0.2) is 18.2 Å². The second kappa shape index (κ2) is 3.45. The normalized spacial score (nSPS) is 15.2. The van der Waals surface area contributed by atoms with Crippen LogP contribution in [0, 0.1) is 5.92 Å². The second-order valence-electron chi connectivity index (χ2n) is 4.01. The number of carbonyl (C=O) groups is 1. The summed E-state index contributed by atoms with van der Waals surface area (Å²) in [5.74, 6) is 0.295. The molecule has 5 heteroatoms. The monoisotopic (exact) mass is 233 g/mol. The first-order valence-electron chi connectivity index (χ1n) is 5.19. The minimum absolute atomic E-state index is 0.0898. The highest BCUT2D eigenvalue weighted by Gasteiger charge is 2.30. The Morgan fingerprint density at radius 2 is 2.31 bits per heavy atom. The number of aromatic nitrogens is 1. The molecule has 0 spiro atoms. The molecule has 1 aliphatic carbocycles. The van der Waals surface area contributed by atoms with Gasteiger partial charge < -0.3 is 11.1 Å². The third-order valence-electron chi connectivity index (χ3n) is 2.59. The topological polar surface area (TPSA) is 68.0 Å². The van der Waals surface area contributed by atoms with E-state index in [4.69, 9.17) is 5.73 Å². The standard InChI is InChI=1S/C11H11N3OS/c12-7-3-4-8-9(5-7)16-11(13-8)14-10(15)6-1-2-6/h3-6H,1-2,12H2,(H,13,14,15). The fourth-order valence-electron chi connectivity index (χ4n) is 1.55. The molecular weight excluding hydrogens is 222 g/mol. The van der Waals surface area contributed by atoms with Gasteiger partial charge in [0, 0.05) is 11.6 Å². The molecule has 1 aliphatic rings. The zero-order valence-electron chi connectivity index (χ0n) is 8.56. The third-order valence-corrected chi connectivity index (χ3v) is 3.52. The lowest BCUT2D eigenvalue weighted by Gasteiger charge is -1.96. The Hall–Kier alpha value is -1.62. The van der Waals surface area contributed by atoms with Gasteiger partial charge in [0.1, 0.15) is 0 Å². The molecule has 1 heterocycles. The molecule has 0 aliphatic heterocycles. The lowest BCUT2D eigenvalue weighted by Crippen LogP contribution is -2.12. The second-order valence-corrected chi connectivity index (χ2v) is 5.04. The molecule has 0 atom stereocenters. The zero-order valence-corrected chi connectivity index (χ0v) is 9.38. The molecule has 0 radical (unpaired) electrons. The lowest BCUT2D eigenvalue weighted by molar-refractivity contribution is -0.117. The molecular formula is C11H11N3OS. The first kappa shape index (κ1) is 9.59. The molecule has 1 amide bonds. The molecule has 16 heavy (non-hydrogen) atoms. The number of nitrogens with two attached hydrogens (primary N) is 1. The van der Waals surface area contributed by atoms with Gasteiger partial charge in [0.25, 0.3) is 0 Å².